The first-order valence-corrected chi connectivity index (χ1v) is 7.24. The largest absolute Gasteiger partial charge is 0.481 e. The maximum atomic E-state index is 12.0. The molecule has 2 rings (SSSR count). The molecule has 1 aromatic heterocycles. The Labute approximate surface area is 126 Å². The molecular weight excluding hydrogens is 288 g/mol. The summed E-state index contributed by atoms with van der Waals surface area (Å²) < 4.78 is 0. The molecule has 0 bridgehead atoms. The lowest BCUT2D eigenvalue weighted by atomic mass is 9.82. The quantitative estimate of drug-likeness (QED) is 0.887. The molecule has 0 saturated heterocycles. The molecule has 0 aliphatic carbocycles. The highest BCUT2D eigenvalue weighted by Crippen LogP contribution is 2.23. The minimum absolute atomic E-state index is 0.0160. The number of aryl methyl sites for hydroxylation is 1. The van der Waals surface area contributed by atoms with Crippen molar-refractivity contribution in [2.24, 2.45) is 0 Å². The standard InChI is InChI=1S/C15H16N2O3S/c1-10-16-8-12(21-10)13(18)17-9-15(2,14(19)20)11-6-4-3-5-7-11/h3-8H,9H2,1-2H3,(H,17,18)(H,19,20). The highest BCUT2D eigenvalue weighted by Gasteiger charge is 2.35. The molecule has 6 heteroatoms. The average Bonchev–Trinajstić information content (AvgIpc) is 2.91. The number of carboxylic acid groups (broad SMARTS) is 1. The van der Waals surface area contributed by atoms with Crippen molar-refractivity contribution in [3.8, 4) is 0 Å². The smallest absolute Gasteiger partial charge is 0.315 e. The Morgan fingerprint density at radius 3 is 2.52 bits per heavy atom. The fraction of sp³-hybridized carbons (Fsp3) is 0.267. The number of amides is 1. The summed E-state index contributed by atoms with van der Waals surface area (Å²) in [5, 5.41) is 13.0. The second kappa shape index (κ2) is 6.05. The third kappa shape index (κ3) is 3.28. The topological polar surface area (TPSA) is 79.3 Å². The number of nitrogens with one attached hydrogen (secondary N) is 1. The molecule has 1 heterocycles. The lowest BCUT2D eigenvalue weighted by Crippen LogP contribution is -2.44. The van der Waals surface area contributed by atoms with Crippen LogP contribution in [0.4, 0.5) is 0 Å². The Morgan fingerprint density at radius 2 is 2.00 bits per heavy atom. The van der Waals surface area contributed by atoms with Crippen LogP contribution in [-0.4, -0.2) is 28.5 Å². The number of aromatic nitrogens is 1. The van der Waals surface area contributed by atoms with E-state index in [0.717, 1.165) is 5.01 Å². The molecule has 1 unspecified atom stereocenters. The Morgan fingerprint density at radius 1 is 1.33 bits per heavy atom. The van der Waals surface area contributed by atoms with Gasteiger partial charge in [-0.2, -0.15) is 0 Å². The van der Waals surface area contributed by atoms with Gasteiger partial charge in [0, 0.05) is 6.54 Å². The molecular formula is C15H16N2O3S. The lowest BCUT2D eigenvalue weighted by molar-refractivity contribution is -0.142. The Balaban J connectivity index is 2.14. The second-order valence-electron chi connectivity index (χ2n) is 4.93. The fourth-order valence-corrected chi connectivity index (χ4v) is 2.61. The van der Waals surface area contributed by atoms with Crippen molar-refractivity contribution in [1.82, 2.24) is 10.3 Å². The first-order chi connectivity index (χ1) is 9.93. The van der Waals surface area contributed by atoms with Crippen LogP contribution < -0.4 is 5.32 Å². The highest BCUT2D eigenvalue weighted by atomic mass is 32.1. The lowest BCUT2D eigenvalue weighted by Gasteiger charge is -2.25. The maximum absolute atomic E-state index is 12.0. The van der Waals surface area contributed by atoms with Gasteiger partial charge in [0.05, 0.1) is 11.2 Å². The van der Waals surface area contributed by atoms with Gasteiger partial charge in [0.2, 0.25) is 0 Å². The van der Waals surface area contributed by atoms with Gasteiger partial charge in [0.15, 0.2) is 0 Å². The van der Waals surface area contributed by atoms with E-state index in [1.54, 1.807) is 31.2 Å². The van der Waals surface area contributed by atoms with Crippen molar-refractivity contribution in [3.05, 3.63) is 52.0 Å². The molecule has 0 spiro atoms. The number of carbonyl (C=O) groups is 2. The summed E-state index contributed by atoms with van der Waals surface area (Å²) in [6.07, 6.45) is 1.50. The third-order valence-corrected chi connectivity index (χ3v) is 4.24. The molecule has 110 valence electrons. The average molecular weight is 304 g/mol. The number of carboxylic acids is 1. The van der Waals surface area contributed by atoms with Gasteiger partial charge in [-0.3, -0.25) is 9.59 Å². The minimum Gasteiger partial charge on any atom is -0.481 e. The normalized spacial score (nSPS) is 13.4. The van der Waals surface area contributed by atoms with Gasteiger partial charge in [0.25, 0.3) is 5.91 Å². The number of hydrogen-bond acceptors (Lipinski definition) is 4. The van der Waals surface area contributed by atoms with E-state index < -0.39 is 11.4 Å². The molecule has 0 fully saturated rings. The van der Waals surface area contributed by atoms with Crippen molar-refractivity contribution >= 4 is 23.2 Å². The van der Waals surface area contributed by atoms with E-state index in [2.05, 4.69) is 10.3 Å². The summed E-state index contributed by atoms with van der Waals surface area (Å²) in [4.78, 5) is 28.1. The van der Waals surface area contributed by atoms with E-state index in [-0.39, 0.29) is 12.5 Å². The number of rotatable bonds is 5. The number of nitrogens with zero attached hydrogens (tertiary/aromatic N) is 1. The molecule has 0 saturated carbocycles. The second-order valence-corrected chi connectivity index (χ2v) is 6.16. The van der Waals surface area contributed by atoms with Crippen LogP contribution in [0.3, 0.4) is 0 Å². The number of benzene rings is 1. The molecule has 2 aromatic rings. The van der Waals surface area contributed by atoms with Crippen molar-refractivity contribution < 1.29 is 14.7 Å². The van der Waals surface area contributed by atoms with Crippen LogP contribution in [0.25, 0.3) is 0 Å². The SMILES string of the molecule is Cc1ncc(C(=O)NCC(C)(C(=O)O)c2ccccc2)s1. The van der Waals surface area contributed by atoms with E-state index in [1.807, 2.05) is 13.0 Å². The van der Waals surface area contributed by atoms with E-state index in [4.69, 9.17) is 0 Å². The zero-order chi connectivity index (χ0) is 15.5. The third-order valence-electron chi connectivity index (χ3n) is 3.33. The maximum Gasteiger partial charge on any atom is 0.315 e. The Kier molecular flexibility index (Phi) is 4.37. The first kappa shape index (κ1) is 15.2. The van der Waals surface area contributed by atoms with Crippen LogP contribution in [-0.2, 0) is 10.2 Å². The van der Waals surface area contributed by atoms with Gasteiger partial charge in [-0.05, 0) is 19.4 Å². The predicted octanol–water partition coefficient (Wildman–Crippen LogP) is 2.22. The van der Waals surface area contributed by atoms with Crippen molar-refractivity contribution in [2.75, 3.05) is 6.54 Å². The van der Waals surface area contributed by atoms with Crippen LogP contribution in [0.2, 0.25) is 0 Å². The Bertz CT molecular complexity index is 654. The predicted molar refractivity (Wildman–Crippen MR) is 80.6 cm³/mol. The molecule has 0 aliphatic heterocycles. The minimum atomic E-state index is -1.17. The van der Waals surface area contributed by atoms with E-state index in [9.17, 15) is 14.7 Å². The summed E-state index contributed by atoms with van der Waals surface area (Å²) in [5.74, 6) is -1.28. The van der Waals surface area contributed by atoms with Gasteiger partial charge in [0.1, 0.15) is 10.3 Å². The van der Waals surface area contributed by atoms with Gasteiger partial charge >= 0.3 is 5.97 Å². The molecule has 21 heavy (non-hydrogen) atoms. The number of aliphatic carboxylic acids is 1. The first-order valence-electron chi connectivity index (χ1n) is 6.43. The molecule has 0 aliphatic rings. The summed E-state index contributed by atoms with van der Waals surface area (Å²) in [6.45, 7) is 3.43. The molecule has 5 nitrogen and oxygen atoms in total. The Hall–Kier alpha value is -2.21. The fourth-order valence-electron chi connectivity index (χ4n) is 1.92. The van der Waals surface area contributed by atoms with Crippen LogP contribution in [0.15, 0.2) is 36.5 Å². The van der Waals surface area contributed by atoms with Gasteiger partial charge in [-0.15, -0.1) is 11.3 Å². The van der Waals surface area contributed by atoms with E-state index >= 15 is 0 Å². The summed E-state index contributed by atoms with van der Waals surface area (Å²) >= 11 is 1.28. The number of carbonyl (C=O) groups excluding carboxylic acids is 1. The zero-order valence-corrected chi connectivity index (χ0v) is 12.6. The summed E-state index contributed by atoms with van der Waals surface area (Å²) in [5.41, 5.74) is -0.519. The van der Waals surface area contributed by atoms with Crippen LogP contribution in [0, 0.1) is 6.92 Å². The monoisotopic (exact) mass is 304 g/mol. The van der Waals surface area contributed by atoms with Crippen molar-refractivity contribution in [2.45, 2.75) is 19.3 Å². The number of hydrogen-bond donors (Lipinski definition) is 2. The number of thiazole rings is 1. The molecule has 2 N–H and O–H groups in total. The van der Waals surface area contributed by atoms with Crippen molar-refractivity contribution in [3.63, 3.8) is 0 Å². The van der Waals surface area contributed by atoms with Crippen LogP contribution >= 0.6 is 11.3 Å². The van der Waals surface area contributed by atoms with Crippen LogP contribution in [0.1, 0.15) is 27.2 Å². The van der Waals surface area contributed by atoms with Crippen LogP contribution in [0.5, 0.6) is 0 Å². The van der Waals surface area contributed by atoms with Gasteiger partial charge in [-0.1, -0.05) is 30.3 Å². The molecule has 0 radical (unpaired) electrons. The molecule has 1 atom stereocenters. The molecule has 1 amide bonds. The summed E-state index contributed by atoms with van der Waals surface area (Å²) in [7, 11) is 0. The summed E-state index contributed by atoms with van der Waals surface area (Å²) in [6, 6.07) is 8.88. The molecule has 1 aromatic carbocycles. The zero-order valence-electron chi connectivity index (χ0n) is 11.8. The van der Waals surface area contributed by atoms with Crippen molar-refractivity contribution in [1.29, 1.82) is 0 Å². The van der Waals surface area contributed by atoms with Gasteiger partial charge < -0.3 is 10.4 Å². The highest BCUT2D eigenvalue weighted by molar-refractivity contribution is 7.13. The van der Waals surface area contributed by atoms with E-state index in [0.29, 0.717) is 10.4 Å². The van der Waals surface area contributed by atoms with E-state index in [1.165, 1.54) is 17.5 Å². The van der Waals surface area contributed by atoms with Gasteiger partial charge in [-0.25, -0.2) is 4.98 Å².